The minimum absolute atomic E-state index is 0.165. The first-order chi connectivity index (χ1) is 13.2. The molecular formula is C22H22O6. The molecule has 1 heterocycles. The first-order valence-electron chi connectivity index (χ1n) is 8.75. The van der Waals surface area contributed by atoms with E-state index >= 15 is 0 Å². The highest BCUT2D eigenvalue weighted by Crippen LogP contribution is 2.36. The van der Waals surface area contributed by atoms with Gasteiger partial charge < -0.3 is 18.9 Å². The van der Waals surface area contributed by atoms with Gasteiger partial charge in [-0.15, -0.1) is 0 Å². The average molecular weight is 382 g/mol. The number of hydrogen-bond acceptors (Lipinski definition) is 6. The molecule has 0 aliphatic carbocycles. The van der Waals surface area contributed by atoms with Crippen molar-refractivity contribution in [3.05, 3.63) is 53.3 Å². The van der Waals surface area contributed by atoms with Crippen molar-refractivity contribution >= 4 is 17.8 Å². The summed E-state index contributed by atoms with van der Waals surface area (Å²) in [6.07, 6.45) is 1.61. The molecule has 2 aromatic rings. The molecular weight excluding hydrogens is 360 g/mol. The fourth-order valence-corrected chi connectivity index (χ4v) is 2.57. The Kier molecular flexibility index (Phi) is 5.14. The summed E-state index contributed by atoms with van der Waals surface area (Å²) in [5.41, 5.74) is 0.458. The topological polar surface area (TPSA) is 71.1 Å². The number of allylic oxidation sites excluding steroid dienone is 1. The van der Waals surface area contributed by atoms with Crippen LogP contribution in [0.3, 0.4) is 0 Å². The van der Waals surface area contributed by atoms with Crippen molar-refractivity contribution in [2.45, 2.75) is 20.8 Å². The second kappa shape index (κ2) is 7.38. The maximum absolute atomic E-state index is 12.7. The van der Waals surface area contributed by atoms with E-state index in [-0.39, 0.29) is 17.5 Å². The number of ether oxygens (including phenoxy) is 4. The van der Waals surface area contributed by atoms with E-state index in [1.54, 1.807) is 77.5 Å². The molecule has 0 amide bonds. The fraction of sp³-hybridized carbons (Fsp3) is 0.273. The van der Waals surface area contributed by atoms with Crippen LogP contribution in [0.15, 0.2) is 42.2 Å². The zero-order valence-electron chi connectivity index (χ0n) is 16.5. The normalized spacial score (nSPS) is 14.5. The van der Waals surface area contributed by atoms with Crippen LogP contribution in [0.25, 0.3) is 6.08 Å². The third kappa shape index (κ3) is 3.86. The molecule has 6 heteroatoms. The summed E-state index contributed by atoms with van der Waals surface area (Å²) in [6.45, 7) is 5.31. The van der Waals surface area contributed by atoms with Gasteiger partial charge in [0.1, 0.15) is 23.0 Å². The van der Waals surface area contributed by atoms with Gasteiger partial charge in [0.25, 0.3) is 0 Å². The van der Waals surface area contributed by atoms with Gasteiger partial charge in [0.15, 0.2) is 5.76 Å². The zero-order chi connectivity index (χ0) is 20.5. The Morgan fingerprint density at radius 3 is 2.36 bits per heavy atom. The van der Waals surface area contributed by atoms with Gasteiger partial charge in [0.2, 0.25) is 5.78 Å². The van der Waals surface area contributed by atoms with Crippen molar-refractivity contribution in [1.82, 2.24) is 0 Å². The van der Waals surface area contributed by atoms with Gasteiger partial charge in [-0.25, -0.2) is 0 Å². The second-order valence-electron chi connectivity index (χ2n) is 7.35. The Morgan fingerprint density at radius 2 is 1.71 bits per heavy atom. The summed E-state index contributed by atoms with van der Waals surface area (Å²) >= 11 is 0. The lowest BCUT2D eigenvalue weighted by Gasteiger charge is -2.16. The number of rotatable bonds is 4. The number of ketones is 1. The van der Waals surface area contributed by atoms with Gasteiger partial charge in [-0.2, -0.15) is 0 Å². The van der Waals surface area contributed by atoms with E-state index < -0.39 is 5.41 Å². The molecule has 0 bridgehead atoms. The number of Topliss-reactive ketones (excluding diaryl/α,β-unsaturated/α-hetero) is 1. The van der Waals surface area contributed by atoms with Crippen LogP contribution in [0.4, 0.5) is 0 Å². The zero-order valence-corrected chi connectivity index (χ0v) is 16.5. The lowest BCUT2D eigenvalue weighted by molar-refractivity contribution is -0.143. The lowest BCUT2D eigenvalue weighted by atomic mass is 9.97. The smallest absolute Gasteiger partial charge is 0.316 e. The Morgan fingerprint density at radius 1 is 1.00 bits per heavy atom. The summed E-state index contributed by atoms with van der Waals surface area (Å²) in [5, 5.41) is 0. The molecule has 3 rings (SSSR count). The molecule has 1 aliphatic heterocycles. The number of methoxy groups -OCH3 is 2. The predicted octanol–water partition coefficient (Wildman–Crippen LogP) is 4.27. The molecule has 0 fully saturated rings. The molecule has 0 unspecified atom stereocenters. The Balaban J connectivity index is 1.88. The Labute approximate surface area is 163 Å². The third-order valence-electron chi connectivity index (χ3n) is 4.19. The minimum Gasteiger partial charge on any atom is -0.497 e. The first-order valence-corrected chi connectivity index (χ1v) is 8.75. The highest BCUT2D eigenvalue weighted by atomic mass is 16.5. The molecule has 1 aliphatic rings. The van der Waals surface area contributed by atoms with Gasteiger partial charge in [-0.05, 0) is 51.1 Å². The van der Waals surface area contributed by atoms with Crippen LogP contribution >= 0.6 is 0 Å². The number of carbonyl (C=O) groups is 2. The molecule has 6 nitrogen and oxygen atoms in total. The summed E-state index contributed by atoms with van der Waals surface area (Å²) in [6, 6.07) is 9.99. The standard InChI is InChI=1S/C22H22O6/c1-22(2,3)21(24)27-15-8-9-16-18(12-15)28-19(20(16)23)10-13-6-7-14(25-4)11-17(13)26-5/h6-12H,1-5H3. The predicted molar refractivity (Wildman–Crippen MR) is 104 cm³/mol. The number of fused-ring (bicyclic) bond motifs is 1. The average Bonchev–Trinajstić information content (AvgIpc) is 2.96. The highest BCUT2D eigenvalue weighted by molar-refractivity contribution is 6.14. The van der Waals surface area contributed by atoms with Gasteiger partial charge >= 0.3 is 5.97 Å². The molecule has 0 saturated heterocycles. The van der Waals surface area contributed by atoms with E-state index in [1.165, 1.54) is 0 Å². The lowest BCUT2D eigenvalue weighted by Crippen LogP contribution is -2.25. The van der Waals surface area contributed by atoms with Crippen molar-refractivity contribution < 1.29 is 28.5 Å². The van der Waals surface area contributed by atoms with E-state index in [0.29, 0.717) is 34.1 Å². The quantitative estimate of drug-likeness (QED) is 0.447. The molecule has 2 aromatic carbocycles. The molecule has 146 valence electrons. The first kappa shape index (κ1) is 19.5. The maximum Gasteiger partial charge on any atom is 0.316 e. The van der Waals surface area contributed by atoms with Gasteiger partial charge in [-0.3, -0.25) is 9.59 Å². The highest BCUT2D eigenvalue weighted by Gasteiger charge is 2.29. The second-order valence-corrected chi connectivity index (χ2v) is 7.35. The van der Waals surface area contributed by atoms with Gasteiger partial charge in [0, 0.05) is 17.7 Å². The van der Waals surface area contributed by atoms with Crippen LogP contribution in [0.2, 0.25) is 0 Å². The number of benzene rings is 2. The Hall–Kier alpha value is -3.28. The fourth-order valence-electron chi connectivity index (χ4n) is 2.57. The molecule has 0 atom stereocenters. The largest absolute Gasteiger partial charge is 0.497 e. The monoisotopic (exact) mass is 382 g/mol. The van der Waals surface area contributed by atoms with Crippen molar-refractivity contribution in [3.8, 4) is 23.0 Å². The third-order valence-corrected chi connectivity index (χ3v) is 4.19. The van der Waals surface area contributed by atoms with Crippen LogP contribution in [-0.4, -0.2) is 26.0 Å². The molecule has 0 spiro atoms. The van der Waals surface area contributed by atoms with Gasteiger partial charge in [0.05, 0.1) is 25.2 Å². The molecule has 0 N–H and O–H groups in total. The van der Waals surface area contributed by atoms with E-state index in [1.807, 2.05) is 0 Å². The Bertz CT molecular complexity index is 965. The molecule has 0 saturated carbocycles. The van der Waals surface area contributed by atoms with E-state index in [9.17, 15) is 9.59 Å². The van der Waals surface area contributed by atoms with Crippen LogP contribution in [0.5, 0.6) is 23.0 Å². The number of esters is 1. The van der Waals surface area contributed by atoms with E-state index in [4.69, 9.17) is 18.9 Å². The van der Waals surface area contributed by atoms with Crippen LogP contribution in [0.1, 0.15) is 36.7 Å². The maximum atomic E-state index is 12.7. The van der Waals surface area contributed by atoms with Crippen molar-refractivity contribution in [3.63, 3.8) is 0 Å². The summed E-state index contributed by atoms with van der Waals surface area (Å²) in [4.78, 5) is 24.7. The number of hydrogen-bond donors (Lipinski definition) is 0. The summed E-state index contributed by atoms with van der Waals surface area (Å²) in [5.74, 6) is 1.43. The number of carbonyl (C=O) groups excluding carboxylic acids is 2. The summed E-state index contributed by atoms with van der Waals surface area (Å²) < 4.78 is 21.6. The summed E-state index contributed by atoms with van der Waals surface area (Å²) in [7, 11) is 3.11. The SMILES string of the molecule is COc1ccc(C=C2Oc3cc(OC(=O)C(C)(C)C)ccc3C2=O)c(OC)c1. The van der Waals surface area contributed by atoms with Crippen molar-refractivity contribution in [2.75, 3.05) is 14.2 Å². The molecule has 28 heavy (non-hydrogen) atoms. The van der Waals surface area contributed by atoms with Crippen LogP contribution in [0, 0.1) is 5.41 Å². The van der Waals surface area contributed by atoms with Gasteiger partial charge in [-0.1, -0.05) is 0 Å². The van der Waals surface area contributed by atoms with E-state index in [0.717, 1.165) is 0 Å². The molecule has 0 radical (unpaired) electrons. The molecule has 0 aromatic heterocycles. The minimum atomic E-state index is -0.633. The van der Waals surface area contributed by atoms with E-state index in [2.05, 4.69) is 0 Å². The van der Waals surface area contributed by atoms with Crippen molar-refractivity contribution in [1.29, 1.82) is 0 Å². The van der Waals surface area contributed by atoms with Crippen molar-refractivity contribution in [2.24, 2.45) is 5.41 Å². The van der Waals surface area contributed by atoms with Crippen LogP contribution < -0.4 is 18.9 Å². The van der Waals surface area contributed by atoms with Crippen LogP contribution in [-0.2, 0) is 4.79 Å².